The van der Waals surface area contributed by atoms with Gasteiger partial charge in [0.2, 0.25) is 5.91 Å². The lowest BCUT2D eigenvalue weighted by Gasteiger charge is -2.33. The predicted molar refractivity (Wildman–Crippen MR) is 143 cm³/mol. The summed E-state index contributed by atoms with van der Waals surface area (Å²) in [6.07, 6.45) is 3.94. The van der Waals surface area contributed by atoms with Gasteiger partial charge in [-0.3, -0.25) is 9.69 Å². The van der Waals surface area contributed by atoms with Crippen LogP contribution in [0.25, 0.3) is 0 Å². The van der Waals surface area contributed by atoms with Crippen molar-refractivity contribution < 1.29 is 4.79 Å². The normalized spacial score (nSPS) is 16.2. The molecule has 3 rings (SSSR count). The second-order valence-corrected chi connectivity index (χ2v) is 9.21. The van der Waals surface area contributed by atoms with Crippen LogP contribution in [0.3, 0.4) is 0 Å². The van der Waals surface area contributed by atoms with E-state index < -0.39 is 0 Å². The van der Waals surface area contributed by atoms with Gasteiger partial charge in [0, 0.05) is 63.8 Å². The van der Waals surface area contributed by atoms with Crippen LogP contribution in [0.15, 0.2) is 46.9 Å². The number of carbonyl (C=O) groups is 1. The van der Waals surface area contributed by atoms with Gasteiger partial charge in [-0.05, 0) is 18.4 Å². The third-order valence-electron chi connectivity index (χ3n) is 5.50. The first kappa shape index (κ1) is 26.5. The first-order chi connectivity index (χ1) is 15.0. The molecular formula is C23H35IN6OS. The van der Waals surface area contributed by atoms with E-state index in [0.29, 0.717) is 12.0 Å². The molecule has 0 radical (unpaired) electrons. The van der Waals surface area contributed by atoms with Crippen molar-refractivity contribution >= 4 is 47.2 Å². The monoisotopic (exact) mass is 570 g/mol. The quantitative estimate of drug-likeness (QED) is 0.290. The summed E-state index contributed by atoms with van der Waals surface area (Å²) in [5.41, 5.74) is 1.36. The minimum absolute atomic E-state index is 0. The Hall–Kier alpha value is -1.72. The van der Waals surface area contributed by atoms with Gasteiger partial charge in [-0.1, -0.05) is 37.3 Å². The minimum Gasteiger partial charge on any atom is -0.356 e. The molecule has 0 spiro atoms. The first-order valence-electron chi connectivity index (χ1n) is 10.9. The first-order valence-corrected chi connectivity index (χ1v) is 11.8. The van der Waals surface area contributed by atoms with E-state index in [1.807, 2.05) is 11.6 Å². The molecule has 1 atom stereocenters. The van der Waals surface area contributed by atoms with E-state index in [9.17, 15) is 4.79 Å². The molecular weight excluding hydrogens is 535 g/mol. The zero-order valence-electron chi connectivity index (χ0n) is 19.2. The number of carbonyl (C=O) groups excluding carboxylic acids is 1. The molecule has 0 aliphatic carbocycles. The number of aromatic nitrogens is 1. The van der Waals surface area contributed by atoms with Crippen molar-refractivity contribution in [3.05, 3.63) is 52.5 Å². The van der Waals surface area contributed by atoms with Gasteiger partial charge < -0.3 is 15.5 Å². The lowest BCUT2D eigenvalue weighted by molar-refractivity contribution is -0.127. The van der Waals surface area contributed by atoms with Crippen molar-refractivity contribution in [1.82, 2.24) is 25.4 Å². The molecule has 1 aliphatic heterocycles. The molecule has 176 valence electrons. The number of likely N-dealkylation sites (tertiary alicyclic amines) is 1. The summed E-state index contributed by atoms with van der Waals surface area (Å²) in [5.74, 6) is 0.983. The van der Waals surface area contributed by atoms with Crippen molar-refractivity contribution in [3.63, 3.8) is 0 Å². The summed E-state index contributed by atoms with van der Waals surface area (Å²) in [6, 6.07) is 11.0. The Labute approximate surface area is 212 Å². The topological polar surface area (TPSA) is 72.9 Å². The van der Waals surface area contributed by atoms with Gasteiger partial charge in [0.1, 0.15) is 6.54 Å². The zero-order valence-corrected chi connectivity index (χ0v) is 22.3. The van der Waals surface area contributed by atoms with Crippen LogP contribution in [-0.2, 0) is 11.3 Å². The molecule has 1 fully saturated rings. The average molecular weight is 571 g/mol. The van der Waals surface area contributed by atoms with Crippen molar-refractivity contribution in [3.8, 4) is 0 Å². The number of nitrogens with zero attached hydrogens (tertiary/aromatic N) is 4. The number of halogens is 1. The largest absolute Gasteiger partial charge is 0.356 e. The predicted octanol–water partition coefficient (Wildman–Crippen LogP) is 3.15. The molecule has 2 heterocycles. The summed E-state index contributed by atoms with van der Waals surface area (Å²) < 4.78 is 0. The number of nitrogens with one attached hydrogen (secondary N) is 2. The third-order valence-corrected chi connectivity index (χ3v) is 6.50. The Morgan fingerprint density at radius 2 is 2.00 bits per heavy atom. The molecule has 2 N–H and O–H groups in total. The highest BCUT2D eigenvalue weighted by molar-refractivity contribution is 14.0. The Balaban J connectivity index is 0.00000363. The van der Waals surface area contributed by atoms with Gasteiger partial charge in [0.15, 0.2) is 5.96 Å². The summed E-state index contributed by atoms with van der Waals surface area (Å²) in [5, 5.41) is 10.1. The summed E-state index contributed by atoms with van der Waals surface area (Å²) in [6.45, 7) is 6.10. The highest BCUT2D eigenvalue weighted by Crippen LogP contribution is 2.17. The molecule has 1 amide bonds. The maximum Gasteiger partial charge on any atom is 0.243 e. The van der Waals surface area contributed by atoms with E-state index in [1.54, 1.807) is 30.3 Å². The maximum atomic E-state index is 12.0. The molecule has 1 aromatic heterocycles. The maximum absolute atomic E-state index is 12.0. The van der Waals surface area contributed by atoms with Crippen molar-refractivity contribution in [2.45, 2.75) is 38.3 Å². The van der Waals surface area contributed by atoms with Crippen molar-refractivity contribution in [1.29, 1.82) is 0 Å². The van der Waals surface area contributed by atoms with E-state index >= 15 is 0 Å². The number of amides is 1. The Morgan fingerprint density at radius 3 is 2.62 bits per heavy atom. The van der Waals surface area contributed by atoms with Crippen LogP contribution < -0.4 is 10.6 Å². The molecule has 1 aliphatic rings. The fraction of sp³-hybridized carbons (Fsp3) is 0.522. The molecule has 0 bridgehead atoms. The second-order valence-electron chi connectivity index (χ2n) is 8.29. The molecule has 32 heavy (non-hydrogen) atoms. The number of thiazole rings is 1. The molecule has 1 saturated heterocycles. The van der Waals surface area contributed by atoms with Gasteiger partial charge in [-0.25, -0.2) is 9.98 Å². The van der Waals surface area contributed by atoms with E-state index in [0.717, 1.165) is 44.0 Å². The van der Waals surface area contributed by atoms with E-state index in [-0.39, 0.29) is 42.3 Å². The number of likely N-dealkylation sites (N-methyl/N-ethyl adjacent to an activating group) is 1. The number of guanidine groups is 1. The number of rotatable bonds is 8. The molecule has 9 heteroatoms. The Morgan fingerprint density at radius 1 is 1.28 bits per heavy atom. The van der Waals surface area contributed by atoms with Crippen LogP contribution in [0.5, 0.6) is 0 Å². The van der Waals surface area contributed by atoms with Crippen molar-refractivity contribution in [2.24, 2.45) is 4.99 Å². The van der Waals surface area contributed by atoms with Gasteiger partial charge in [0.05, 0.1) is 5.01 Å². The van der Waals surface area contributed by atoms with E-state index in [4.69, 9.17) is 0 Å². The third kappa shape index (κ3) is 8.67. The van der Waals surface area contributed by atoms with Crippen LogP contribution in [0.1, 0.15) is 36.3 Å². The van der Waals surface area contributed by atoms with E-state index in [1.165, 1.54) is 5.56 Å². The summed E-state index contributed by atoms with van der Waals surface area (Å²) >= 11 is 1.66. The number of hydrogen-bond donors (Lipinski definition) is 2. The van der Waals surface area contributed by atoms with Gasteiger partial charge in [0.25, 0.3) is 0 Å². The number of aliphatic imine (C=N–C) groups is 1. The van der Waals surface area contributed by atoms with Crippen molar-refractivity contribution in [2.75, 3.05) is 40.3 Å². The lowest BCUT2D eigenvalue weighted by atomic mass is 10.0. The molecule has 1 unspecified atom stereocenters. The molecule has 1 aromatic carbocycles. The van der Waals surface area contributed by atoms with Gasteiger partial charge >= 0.3 is 0 Å². The molecule has 2 aromatic rings. The SMILES string of the molecule is CC(CNC(=NCC(=O)N(C)C)NC1CCN(Cc2ccccc2)CC1)c1nccs1.I. The summed E-state index contributed by atoms with van der Waals surface area (Å²) in [7, 11) is 3.51. The second kappa shape index (κ2) is 13.7. The van der Waals surface area contributed by atoms with Crippen LogP contribution in [0, 0.1) is 0 Å². The van der Waals surface area contributed by atoms with Crippen LogP contribution in [-0.4, -0.2) is 73.0 Å². The minimum atomic E-state index is -0.00764. The number of piperidine rings is 1. The lowest BCUT2D eigenvalue weighted by Crippen LogP contribution is -2.49. The van der Waals surface area contributed by atoms with Crippen LogP contribution in [0.2, 0.25) is 0 Å². The number of hydrogen-bond acceptors (Lipinski definition) is 5. The standard InChI is InChI=1S/C23H34N6OS.HI/c1-18(22-24-11-14-31-22)15-25-23(26-16-21(30)28(2)3)27-20-9-12-29(13-10-20)17-19-7-5-4-6-8-19;/h4-8,11,14,18,20H,9-10,12-13,15-17H2,1-3H3,(H2,25,26,27);1H. The smallest absolute Gasteiger partial charge is 0.243 e. The highest BCUT2D eigenvalue weighted by Gasteiger charge is 2.21. The Kier molecular flexibility index (Phi) is 11.4. The number of benzene rings is 1. The van der Waals surface area contributed by atoms with Crippen LogP contribution >= 0.6 is 35.3 Å². The fourth-order valence-electron chi connectivity index (χ4n) is 3.53. The average Bonchev–Trinajstić information content (AvgIpc) is 3.32. The van der Waals surface area contributed by atoms with Gasteiger partial charge in [-0.2, -0.15) is 0 Å². The summed E-state index contributed by atoms with van der Waals surface area (Å²) in [4.78, 5) is 25.1. The Bertz CT molecular complexity index is 822. The van der Waals surface area contributed by atoms with Gasteiger partial charge in [-0.15, -0.1) is 35.3 Å². The van der Waals surface area contributed by atoms with E-state index in [2.05, 4.69) is 62.8 Å². The molecule has 0 saturated carbocycles. The van der Waals surface area contributed by atoms with Crippen LogP contribution in [0.4, 0.5) is 0 Å². The zero-order chi connectivity index (χ0) is 22.1. The highest BCUT2D eigenvalue weighted by atomic mass is 127. The fourth-order valence-corrected chi connectivity index (χ4v) is 4.22. The molecule has 7 nitrogen and oxygen atoms in total.